The lowest BCUT2D eigenvalue weighted by atomic mass is 10.2. The van der Waals surface area contributed by atoms with E-state index in [9.17, 15) is 4.79 Å². The minimum Gasteiger partial charge on any atom is -0.357 e. The van der Waals surface area contributed by atoms with Gasteiger partial charge in [0.05, 0.1) is 6.54 Å². The van der Waals surface area contributed by atoms with Gasteiger partial charge in [0, 0.05) is 37.6 Å². The number of carbonyl (C=O) groups is 1. The lowest BCUT2D eigenvalue weighted by Gasteiger charge is -2.22. The highest BCUT2D eigenvalue weighted by atomic mass is 79.9. The highest BCUT2D eigenvalue weighted by Crippen LogP contribution is 2.17. The van der Waals surface area contributed by atoms with Crippen LogP contribution in [0, 0.1) is 0 Å². The number of nitrogens with one attached hydrogen (secondary N) is 2. The fourth-order valence-electron chi connectivity index (χ4n) is 2.04. The van der Waals surface area contributed by atoms with Crippen molar-refractivity contribution in [3.63, 3.8) is 0 Å². The Balaban J connectivity index is 2.60. The van der Waals surface area contributed by atoms with Gasteiger partial charge in [-0.15, -0.1) is 0 Å². The monoisotopic (exact) mass is 382 g/mol. The van der Waals surface area contributed by atoms with Gasteiger partial charge in [0.1, 0.15) is 0 Å². The number of halogens is 1. The van der Waals surface area contributed by atoms with Crippen molar-refractivity contribution in [2.45, 2.75) is 33.2 Å². The predicted octanol–water partition coefficient (Wildman–Crippen LogP) is 2.76. The third-order valence-electron chi connectivity index (χ3n) is 3.23. The zero-order chi connectivity index (χ0) is 17.1. The van der Waals surface area contributed by atoms with Crippen molar-refractivity contribution in [1.29, 1.82) is 0 Å². The molecule has 1 rings (SSSR count). The van der Waals surface area contributed by atoms with Crippen LogP contribution in [0.1, 0.15) is 32.3 Å². The van der Waals surface area contributed by atoms with Crippen LogP contribution >= 0.6 is 15.9 Å². The van der Waals surface area contributed by atoms with Crippen LogP contribution < -0.4 is 10.6 Å². The summed E-state index contributed by atoms with van der Waals surface area (Å²) in [5.41, 5.74) is 1.20. The molecule has 23 heavy (non-hydrogen) atoms. The molecule has 0 unspecified atom stereocenters. The molecule has 0 saturated carbocycles. The summed E-state index contributed by atoms with van der Waals surface area (Å²) >= 11 is 3.57. The fourth-order valence-corrected chi connectivity index (χ4v) is 2.45. The van der Waals surface area contributed by atoms with Gasteiger partial charge in [0.25, 0.3) is 0 Å². The zero-order valence-corrected chi connectivity index (χ0v) is 15.8. The Kier molecular flexibility index (Phi) is 9.36. The highest BCUT2D eigenvalue weighted by Gasteiger charge is 2.08. The molecule has 5 nitrogen and oxygen atoms in total. The first-order valence-corrected chi connectivity index (χ1v) is 8.87. The van der Waals surface area contributed by atoms with Gasteiger partial charge in [0.2, 0.25) is 5.91 Å². The first-order chi connectivity index (χ1) is 11.1. The molecule has 0 saturated heterocycles. The van der Waals surface area contributed by atoms with Gasteiger partial charge in [-0.25, -0.2) is 0 Å². The summed E-state index contributed by atoms with van der Waals surface area (Å²) in [6.07, 6.45) is 1.37. The van der Waals surface area contributed by atoms with Gasteiger partial charge in [-0.2, -0.15) is 0 Å². The minimum absolute atomic E-state index is 0.0555. The van der Waals surface area contributed by atoms with Gasteiger partial charge in [0.15, 0.2) is 5.96 Å². The van der Waals surface area contributed by atoms with Crippen molar-refractivity contribution in [3.8, 4) is 0 Å². The molecule has 0 spiro atoms. The van der Waals surface area contributed by atoms with Crippen LogP contribution in [-0.2, 0) is 11.3 Å². The first-order valence-electron chi connectivity index (χ1n) is 8.08. The summed E-state index contributed by atoms with van der Waals surface area (Å²) in [7, 11) is 2.00. The van der Waals surface area contributed by atoms with Crippen LogP contribution in [-0.4, -0.2) is 43.4 Å². The molecular weight excluding hydrogens is 356 g/mol. The van der Waals surface area contributed by atoms with Crippen molar-refractivity contribution in [2.24, 2.45) is 4.99 Å². The SMILES string of the molecule is CCCNC(=O)CCN=C(NCC)N(C)Cc1ccccc1Br. The standard InChI is InChI=1S/C17H27BrN4O/c1-4-11-20-16(23)10-12-21-17(19-5-2)22(3)13-14-8-6-7-9-15(14)18/h6-9H,4-5,10-13H2,1-3H3,(H,19,21)(H,20,23). The fraction of sp³-hybridized carbons (Fsp3) is 0.529. The van der Waals surface area contributed by atoms with Gasteiger partial charge >= 0.3 is 0 Å². The molecule has 1 aromatic carbocycles. The van der Waals surface area contributed by atoms with Crippen LogP contribution in [0.25, 0.3) is 0 Å². The maximum atomic E-state index is 11.6. The summed E-state index contributed by atoms with van der Waals surface area (Å²) in [5.74, 6) is 0.867. The van der Waals surface area contributed by atoms with Crippen molar-refractivity contribution >= 4 is 27.8 Å². The summed E-state index contributed by atoms with van der Waals surface area (Å²) in [6, 6.07) is 8.14. The van der Waals surface area contributed by atoms with Gasteiger partial charge in [-0.3, -0.25) is 9.79 Å². The van der Waals surface area contributed by atoms with Crippen molar-refractivity contribution in [2.75, 3.05) is 26.7 Å². The molecule has 0 aliphatic carbocycles. The van der Waals surface area contributed by atoms with E-state index in [0.29, 0.717) is 13.0 Å². The Bertz CT molecular complexity index is 519. The molecule has 0 radical (unpaired) electrons. The molecule has 128 valence electrons. The molecule has 0 atom stereocenters. The Hall–Kier alpha value is -1.56. The smallest absolute Gasteiger partial charge is 0.221 e. The molecule has 0 aliphatic rings. The third-order valence-corrected chi connectivity index (χ3v) is 4.01. The molecule has 6 heteroatoms. The predicted molar refractivity (Wildman–Crippen MR) is 99.5 cm³/mol. The van der Waals surface area contributed by atoms with Crippen LogP contribution in [0.5, 0.6) is 0 Å². The van der Waals surface area contributed by atoms with Gasteiger partial charge in [-0.1, -0.05) is 41.1 Å². The molecule has 2 N–H and O–H groups in total. The summed E-state index contributed by atoms with van der Waals surface area (Å²) in [4.78, 5) is 18.2. The lowest BCUT2D eigenvalue weighted by molar-refractivity contribution is -0.120. The second-order valence-corrected chi connectivity index (χ2v) is 6.14. The van der Waals surface area contributed by atoms with E-state index >= 15 is 0 Å². The second-order valence-electron chi connectivity index (χ2n) is 5.28. The number of rotatable bonds is 8. The number of aliphatic imine (C=N–C) groups is 1. The van der Waals surface area contributed by atoms with Crippen LogP contribution in [0.3, 0.4) is 0 Å². The Morgan fingerprint density at radius 1 is 1.26 bits per heavy atom. The number of carbonyl (C=O) groups excluding carboxylic acids is 1. The van der Waals surface area contributed by atoms with Gasteiger partial charge in [-0.05, 0) is 25.0 Å². The average Bonchev–Trinajstić information content (AvgIpc) is 2.54. The number of hydrogen-bond acceptors (Lipinski definition) is 2. The summed E-state index contributed by atoms with van der Waals surface area (Å²) in [5, 5.41) is 6.13. The van der Waals surface area contributed by atoms with Crippen LogP contribution in [0.4, 0.5) is 0 Å². The zero-order valence-electron chi connectivity index (χ0n) is 14.2. The number of hydrogen-bond donors (Lipinski definition) is 2. The molecule has 0 heterocycles. The molecule has 1 aromatic rings. The maximum absolute atomic E-state index is 11.6. The van der Waals surface area contributed by atoms with Crippen LogP contribution in [0.15, 0.2) is 33.7 Å². The van der Waals surface area contributed by atoms with E-state index in [1.165, 1.54) is 5.56 Å². The number of amides is 1. The minimum atomic E-state index is 0.0555. The molecule has 0 bridgehead atoms. The van der Waals surface area contributed by atoms with Crippen molar-refractivity contribution in [1.82, 2.24) is 15.5 Å². The van der Waals surface area contributed by atoms with Crippen LogP contribution in [0.2, 0.25) is 0 Å². The Morgan fingerprint density at radius 3 is 2.65 bits per heavy atom. The third kappa shape index (κ3) is 7.50. The first kappa shape index (κ1) is 19.5. The highest BCUT2D eigenvalue weighted by molar-refractivity contribution is 9.10. The molecule has 0 aliphatic heterocycles. The number of benzene rings is 1. The van der Waals surface area contributed by atoms with E-state index < -0.39 is 0 Å². The van der Waals surface area contributed by atoms with E-state index in [2.05, 4.69) is 42.5 Å². The van der Waals surface area contributed by atoms with E-state index in [4.69, 9.17) is 0 Å². The largest absolute Gasteiger partial charge is 0.357 e. The number of nitrogens with zero attached hydrogens (tertiary/aromatic N) is 2. The lowest BCUT2D eigenvalue weighted by Crippen LogP contribution is -2.38. The average molecular weight is 383 g/mol. The molecule has 0 fully saturated rings. The Morgan fingerprint density at radius 2 is 2.00 bits per heavy atom. The maximum Gasteiger partial charge on any atom is 0.221 e. The second kappa shape index (κ2) is 11.0. The van der Waals surface area contributed by atoms with E-state index in [1.54, 1.807) is 0 Å². The summed E-state index contributed by atoms with van der Waals surface area (Å²) < 4.78 is 1.08. The molecule has 1 amide bonds. The van der Waals surface area contributed by atoms with E-state index in [1.807, 2.05) is 39.1 Å². The molecule has 0 aromatic heterocycles. The number of guanidine groups is 1. The van der Waals surface area contributed by atoms with E-state index in [0.717, 1.165) is 36.5 Å². The Labute approximate surface area is 147 Å². The quantitative estimate of drug-likeness (QED) is 0.536. The normalized spacial score (nSPS) is 11.2. The van der Waals surface area contributed by atoms with Crippen molar-refractivity contribution in [3.05, 3.63) is 34.3 Å². The van der Waals surface area contributed by atoms with Gasteiger partial charge < -0.3 is 15.5 Å². The summed E-state index contributed by atoms with van der Waals surface area (Å²) in [6.45, 7) is 6.83. The molecular formula is C17H27BrN4O. The van der Waals surface area contributed by atoms with Crippen molar-refractivity contribution < 1.29 is 4.79 Å². The van der Waals surface area contributed by atoms with E-state index in [-0.39, 0.29) is 5.91 Å². The topological polar surface area (TPSA) is 56.7 Å².